The zero-order chi connectivity index (χ0) is 14.4. The van der Waals surface area contributed by atoms with Gasteiger partial charge in [-0.05, 0) is 44.0 Å². The second-order valence-electron chi connectivity index (χ2n) is 5.01. The van der Waals surface area contributed by atoms with Crippen LogP contribution in [-0.4, -0.2) is 26.9 Å². The van der Waals surface area contributed by atoms with Crippen molar-refractivity contribution in [1.29, 1.82) is 0 Å². The van der Waals surface area contributed by atoms with Crippen LogP contribution in [0.3, 0.4) is 0 Å². The normalized spacial score (nSPS) is 16.6. The Hall–Kier alpha value is -1.39. The van der Waals surface area contributed by atoms with Gasteiger partial charge in [0.2, 0.25) is 0 Å². The highest BCUT2D eigenvalue weighted by atomic mass is 19.1. The standard InChI is InChI=1S/C16H22FNO2/c1-12(14-3-4-16(19-2)15(17)11-14)18-8-5-13-6-9-20-10-7-13/h3-4,6,11-12,18H,5,7-10H2,1-2H3/t12-/m0/s1. The van der Waals surface area contributed by atoms with Gasteiger partial charge in [-0.3, -0.25) is 0 Å². The number of hydrogen-bond acceptors (Lipinski definition) is 3. The first-order chi connectivity index (χ1) is 9.70. The van der Waals surface area contributed by atoms with Gasteiger partial charge in [0.15, 0.2) is 11.6 Å². The van der Waals surface area contributed by atoms with Crippen molar-refractivity contribution in [2.24, 2.45) is 0 Å². The molecule has 0 saturated carbocycles. The molecule has 1 aromatic rings. The third kappa shape index (κ3) is 4.05. The molecule has 0 saturated heterocycles. The van der Waals surface area contributed by atoms with Crippen LogP contribution in [0.1, 0.15) is 31.4 Å². The number of hydrogen-bond donors (Lipinski definition) is 1. The highest BCUT2D eigenvalue weighted by Crippen LogP contribution is 2.22. The molecule has 1 aliphatic rings. The fourth-order valence-corrected chi connectivity index (χ4v) is 2.31. The van der Waals surface area contributed by atoms with E-state index in [9.17, 15) is 4.39 Å². The fourth-order valence-electron chi connectivity index (χ4n) is 2.31. The number of methoxy groups -OCH3 is 1. The SMILES string of the molecule is COc1ccc([C@H](C)NCCC2=CCOCC2)cc1F. The molecule has 2 rings (SSSR count). The monoisotopic (exact) mass is 279 g/mol. The highest BCUT2D eigenvalue weighted by Gasteiger charge is 2.10. The second-order valence-corrected chi connectivity index (χ2v) is 5.01. The maximum Gasteiger partial charge on any atom is 0.165 e. The summed E-state index contributed by atoms with van der Waals surface area (Å²) in [5, 5.41) is 3.42. The van der Waals surface area contributed by atoms with E-state index in [1.165, 1.54) is 18.7 Å². The Labute approximate surface area is 119 Å². The first-order valence-electron chi connectivity index (χ1n) is 7.03. The van der Waals surface area contributed by atoms with Crippen LogP contribution in [-0.2, 0) is 4.74 Å². The van der Waals surface area contributed by atoms with E-state index < -0.39 is 0 Å². The molecule has 0 amide bonds. The van der Waals surface area contributed by atoms with Gasteiger partial charge in [-0.1, -0.05) is 17.7 Å². The molecule has 0 bridgehead atoms. The maximum absolute atomic E-state index is 13.6. The van der Waals surface area contributed by atoms with Gasteiger partial charge < -0.3 is 14.8 Å². The summed E-state index contributed by atoms with van der Waals surface area (Å²) in [5.74, 6) is -0.0286. The van der Waals surface area contributed by atoms with Crippen molar-refractivity contribution in [3.05, 3.63) is 41.2 Å². The van der Waals surface area contributed by atoms with Crippen LogP contribution in [0.25, 0.3) is 0 Å². The molecule has 20 heavy (non-hydrogen) atoms. The van der Waals surface area contributed by atoms with Gasteiger partial charge in [0.05, 0.1) is 20.3 Å². The van der Waals surface area contributed by atoms with Crippen LogP contribution < -0.4 is 10.1 Å². The topological polar surface area (TPSA) is 30.5 Å². The van der Waals surface area contributed by atoms with Crippen molar-refractivity contribution in [2.45, 2.75) is 25.8 Å². The Kier molecular flexibility index (Phi) is 5.56. The summed E-state index contributed by atoms with van der Waals surface area (Å²) in [6.07, 6.45) is 4.20. The average Bonchev–Trinajstić information content (AvgIpc) is 2.48. The van der Waals surface area contributed by atoms with E-state index in [0.717, 1.165) is 38.2 Å². The molecule has 110 valence electrons. The summed E-state index contributed by atoms with van der Waals surface area (Å²) in [6, 6.07) is 5.22. The number of halogens is 1. The molecule has 1 atom stereocenters. The van der Waals surface area contributed by atoms with Crippen LogP contribution >= 0.6 is 0 Å². The molecular formula is C16H22FNO2. The van der Waals surface area contributed by atoms with Crippen LogP contribution in [0, 0.1) is 5.82 Å². The smallest absolute Gasteiger partial charge is 0.165 e. The Morgan fingerprint density at radius 3 is 2.95 bits per heavy atom. The Bertz CT molecular complexity index is 474. The van der Waals surface area contributed by atoms with E-state index in [1.807, 2.05) is 13.0 Å². The third-order valence-electron chi connectivity index (χ3n) is 3.63. The zero-order valence-corrected chi connectivity index (χ0v) is 12.1. The van der Waals surface area contributed by atoms with E-state index in [-0.39, 0.29) is 17.6 Å². The summed E-state index contributed by atoms with van der Waals surface area (Å²) in [5.41, 5.74) is 2.38. The van der Waals surface area contributed by atoms with Crippen molar-refractivity contribution in [3.63, 3.8) is 0 Å². The molecule has 0 fully saturated rings. The van der Waals surface area contributed by atoms with E-state index in [0.29, 0.717) is 0 Å². The molecule has 0 aromatic heterocycles. The predicted octanol–water partition coefficient (Wildman–Crippen LogP) is 3.22. The van der Waals surface area contributed by atoms with Crippen molar-refractivity contribution in [2.75, 3.05) is 26.9 Å². The lowest BCUT2D eigenvalue weighted by Crippen LogP contribution is -2.21. The lowest BCUT2D eigenvalue weighted by atomic mass is 10.1. The van der Waals surface area contributed by atoms with Gasteiger partial charge >= 0.3 is 0 Å². The number of rotatable bonds is 6. The molecule has 1 aromatic carbocycles. The summed E-state index contributed by atoms with van der Waals surface area (Å²) >= 11 is 0. The molecule has 1 heterocycles. The first-order valence-corrected chi connectivity index (χ1v) is 7.03. The van der Waals surface area contributed by atoms with Gasteiger partial charge in [0.25, 0.3) is 0 Å². The van der Waals surface area contributed by atoms with E-state index >= 15 is 0 Å². The van der Waals surface area contributed by atoms with Crippen molar-refractivity contribution < 1.29 is 13.9 Å². The molecule has 1 N–H and O–H groups in total. The summed E-state index contributed by atoms with van der Waals surface area (Å²) in [4.78, 5) is 0. The minimum Gasteiger partial charge on any atom is -0.494 e. The van der Waals surface area contributed by atoms with Crippen LogP contribution in [0.5, 0.6) is 5.75 Å². The van der Waals surface area contributed by atoms with Crippen LogP contribution in [0.4, 0.5) is 4.39 Å². The molecule has 4 heteroatoms. The molecule has 0 unspecified atom stereocenters. The summed E-state index contributed by atoms with van der Waals surface area (Å²) < 4.78 is 23.9. The minimum absolute atomic E-state index is 0.121. The number of ether oxygens (including phenoxy) is 2. The van der Waals surface area contributed by atoms with Crippen molar-refractivity contribution in [1.82, 2.24) is 5.32 Å². The number of nitrogens with one attached hydrogen (secondary N) is 1. The second kappa shape index (κ2) is 7.41. The van der Waals surface area contributed by atoms with Gasteiger partial charge in [-0.15, -0.1) is 0 Å². The van der Waals surface area contributed by atoms with E-state index in [4.69, 9.17) is 9.47 Å². The first kappa shape index (κ1) is 15.0. The summed E-state index contributed by atoms with van der Waals surface area (Å²) in [6.45, 7) is 4.49. The quantitative estimate of drug-likeness (QED) is 0.811. The average molecular weight is 279 g/mol. The van der Waals surface area contributed by atoms with E-state index in [2.05, 4.69) is 11.4 Å². The molecule has 0 radical (unpaired) electrons. The Morgan fingerprint density at radius 1 is 1.45 bits per heavy atom. The van der Waals surface area contributed by atoms with Gasteiger partial charge in [-0.2, -0.15) is 0 Å². The fraction of sp³-hybridized carbons (Fsp3) is 0.500. The lowest BCUT2D eigenvalue weighted by Gasteiger charge is -2.17. The van der Waals surface area contributed by atoms with Gasteiger partial charge in [0.1, 0.15) is 0 Å². The van der Waals surface area contributed by atoms with Crippen molar-refractivity contribution >= 4 is 0 Å². The molecule has 0 aliphatic carbocycles. The summed E-state index contributed by atoms with van der Waals surface area (Å²) in [7, 11) is 1.47. The van der Waals surface area contributed by atoms with Gasteiger partial charge in [-0.25, -0.2) is 4.39 Å². The largest absolute Gasteiger partial charge is 0.494 e. The molecular weight excluding hydrogens is 257 g/mol. The minimum atomic E-state index is -0.314. The molecule has 3 nitrogen and oxygen atoms in total. The Balaban J connectivity index is 1.83. The van der Waals surface area contributed by atoms with Crippen molar-refractivity contribution in [3.8, 4) is 5.75 Å². The number of benzene rings is 1. The Morgan fingerprint density at radius 2 is 2.30 bits per heavy atom. The predicted molar refractivity (Wildman–Crippen MR) is 77.5 cm³/mol. The highest BCUT2D eigenvalue weighted by molar-refractivity contribution is 5.30. The van der Waals surface area contributed by atoms with Crippen LogP contribution in [0.2, 0.25) is 0 Å². The molecule has 0 spiro atoms. The third-order valence-corrected chi connectivity index (χ3v) is 3.63. The zero-order valence-electron chi connectivity index (χ0n) is 12.1. The molecule has 1 aliphatic heterocycles. The maximum atomic E-state index is 13.6. The van der Waals surface area contributed by atoms with E-state index in [1.54, 1.807) is 6.07 Å². The van der Waals surface area contributed by atoms with Crippen LogP contribution in [0.15, 0.2) is 29.8 Å². The van der Waals surface area contributed by atoms with Gasteiger partial charge in [0, 0.05) is 6.04 Å². The lowest BCUT2D eigenvalue weighted by molar-refractivity contribution is 0.153.